The molecule has 2 aromatic carbocycles. The van der Waals surface area contributed by atoms with Gasteiger partial charge in [-0.1, -0.05) is 30.3 Å². The molecule has 3 unspecified atom stereocenters. The Hall–Kier alpha value is -4.65. The third-order valence-electron chi connectivity index (χ3n) is 8.07. The fraction of sp³-hybridized carbons (Fsp3) is 0.344. The van der Waals surface area contributed by atoms with E-state index in [9.17, 15) is 4.79 Å². The van der Waals surface area contributed by atoms with Crippen LogP contribution in [-0.2, 0) is 20.8 Å². The molecular formula is C32H34N8O4. The maximum absolute atomic E-state index is 12.5. The Morgan fingerprint density at radius 2 is 1.57 bits per heavy atom. The van der Waals surface area contributed by atoms with Crippen LogP contribution in [0, 0.1) is 0 Å². The highest BCUT2D eigenvalue weighted by atomic mass is 16.5. The number of morpholine rings is 2. The van der Waals surface area contributed by atoms with Gasteiger partial charge in [0, 0.05) is 42.4 Å². The maximum atomic E-state index is 12.5. The van der Waals surface area contributed by atoms with Crippen molar-refractivity contribution in [2.24, 2.45) is 0 Å². The Kier molecular flexibility index (Phi) is 8.26. The van der Waals surface area contributed by atoms with Gasteiger partial charge in [-0.3, -0.25) is 4.98 Å². The molecule has 3 atom stereocenters. The van der Waals surface area contributed by atoms with Crippen molar-refractivity contribution in [2.45, 2.75) is 31.2 Å². The molecule has 0 radical (unpaired) electrons. The lowest BCUT2D eigenvalue weighted by Crippen LogP contribution is -2.49. The van der Waals surface area contributed by atoms with Gasteiger partial charge < -0.3 is 34.6 Å². The predicted molar refractivity (Wildman–Crippen MR) is 166 cm³/mol. The van der Waals surface area contributed by atoms with E-state index in [0.717, 1.165) is 17.5 Å². The number of aromatic nitrogens is 4. The van der Waals surface area contributed by atoms with Gasteiger partial charge >= 0.3 is 6.03 Å². The number of ether oxygens (including phenoxy) is 3. The number of pyridine rings is 1. The highest BCUT2D eigenvalue weighted by Gasteiger charge is 2.46. The monoisotopic (exact) mass is 594 g/mol. The number of anilines is 4. The Labute approximate surface area is 255 Å². The molecule has 12 nitrogen and oxygen atoms in total. The minimum Gasteiger partial charge on any atom is -0.378 e. The van der Waals surface area contributed by atoms with Gasteiger partial charge in [-0.2, -0.15) is 15.0 Å². The smallest absolute Gasteiger partial charge is 0.323 e. The Balaban J connectivity index is 1.13. The molecule has 2 N–H and O–H groups in total. The first-order chi connectivity index (χ1) is 21.7. The van der Waals surface area contributed by atoms with Crippen molar-refractivity contribution >= 4 is 29.3 Å². The summed E-state index contributed by atoms with van der Waals surface area (Å²) >= 11 is 0. The molecule has 3 fully saturated rings. The highest BCUT2D eigenvalue weighted by molar-refractivity contribution is 5.99. The molecular weight excluding hydrogens is 560 g/mol. The zero-order valence-electron chi connectivity index (χ0n) is 24.2. The van der Waals surface area contributed by atoms with E-state index in [1.165, 1.54) is 0 Å². The molecule has 0 saturated carbocycles. The van der Waals surface area contributed by atoms with E-state index in [2.05, 4.69) is 37.6 Å². The fourth-order valence-corrected chi connectivity index (χ4v) is 5.85. The number of carbonyl (C=O) groups is 1. The summed E-state index contributed by atoms with van der Waals surface area (Å²) in [5.41, 5.74) is 3.27. The van der Waals surface area contributed by atoms with E-state index in [-0.39, 0.29) is 24.2 Å². The average Bonchev–Trinajstić information content (AvgIpc) is 3.29. The van der Waals surface area contributed by atoms with Crippen LogP contribution in [-0.4, -0.2) is 83.7 Å². The topological polar surface area (TPSA) is 127 Å². The van der Waals surface area contributed by atoms with E-state index in [1.807, 2.05) is 42.5 Å². The molecule has 2 amide bonds. The van der Waals surface area contributed by atoms with Crippen LogP contribution in [0.25, 0.3) is 11.4 Å². The van der Waals surface area contributed by atoms with E-state index in [4.69, 9.17) is 29.2 Å². The van der Waals surface area contributed by atoms with Crippen LogP contribution >= 0.6 is 0 Å². The van der Waals surface area contributed by atoms with Crippen LogP contribution in [0.4, 0.5) is 28.1 Å². The van der Waals surface area contributed by atoms with Crippen molar-refractivity contribution in [2.75, 3.05) is 60.0 Å². The van der Waals surface area contributed by atoms with Crippen molar-refractivity contribution in [1.29, 1.82) is 0 Å². The van der Waals surface area contributed by atoms with Crippen LogP contribution in [0.5, 0.6) is 0 Å². The number of fused-ring (bicyclic) bond motifs is 2. The lowest BCUT2D eigenvalue weighted by atomic mass is 10.1. The molecule has 2 aromatic heterocycles. The molecule has 226 valence electrons. The summed E-state index contributed by atoms with van der Waals surface area (Å²) in [5, 5.41) is 5.66. The van der Waals surface area contributed by atoms with Crippen molar-refractivity contribution in [3.63, 3.8) is 0 Å². The summed E-state index contributed by atoms with van der Waals surface area (Å²) in [6.45, 7) is 4.34. The SMILES string of the molecule is O=C(Nc1ccncc1)Nc1ccc(-c2nc(N3CCOCC3)nc(N3C4COCC3C(OCc3ccccc3)C4)n2)cc1. The Morgan fingerprint density at radius 3 is 2.34 bits per heavy atom. The van der Waals surface area contributed by atoms with Crippen molar-refractivity contribution in [3.05, 3.63) is 84.7 Å². The molecule has 5 heterocycles. The van der Waals surface area contributed by atoms with Crippen molar-refractivity contribution in [3.8, 4) is 11.4 Å². The molecule has 0 aliphatic carbocycles. The number of hydrogen-bond donors (Lipinski definition) is 2. The minimum atomic E-state index is -0.340. The number of nitrogens with zero attached hydrogens (tertiary/aromatic N) is 6. The van der Waals surface area contributed by atoms with Gasteiger partial charge in [0.1, 0.15) is 0 Å². The van der Waals surface area contributed by atoms with Gasteiger partial charge in [-0.15, -0.1) is 0 Å². The quantitative estimate of drug-likeness (QED) is 0.309. The molecule has 12 heteroatoms. The van der Waals surface area contributed by atoms with Gasteiger partial charge in [0.2, 0.25) is 11.9 Å². The first-order valence-corrected chi connectivity index (χ1v) is 14.9. The van der Waals surface area contributed by atoms with Crippen LogP contribution in [0.3, 0.4) is 0 Å². The maximum Gasteiger partial charge on any atom is 0.323 e. The number of amides is 2. The Morgan fingerprint density at radius 1 is 0.841 bits per heavy atom. The van der Waals surface area contributed by atoms with Gasteiger partial charge in [-0.25, -0.2) is 4.79 Å². The average molecular weight is 595 g/mol. The summed E-state index contributed by atoms with van der Waals surface area (Å²) in [7, 11) is 0. The Bertz CT molecular complexity index is 1550. The molecule has 2 bridgehead atoms. The van der Waals surface area contributed by atoms with Gasteiger partial charge in [0.25, 0.3) is 0 Å². The van der Waals surface area contributed by atoms with E-state index < -0.39 is 0 Å². The number of hydrogen-bond acceptors (Lipinski definition) is 10. The van der Waals surface area contributed by atoms with Gasteiger partial charge in [-0.05, 0) is 48.4 Å². The van der Waals surface area contributed by atoms with Crippen molar-refractivity contribution in [1.82, 2.24) is 19.9 Å². The van der Waals surface area contributed by atoms with Crippen LogP contribution in [0.15, 0.2) is 79.1 Å². The highest BCUT2D eigenvalue weighted by Crippen LogP contribution is 2.36. The summed E-state index contributed by atoms with van der Waals surface area (Å²) in [5.74, 6) is 1.82. The van der Waals surface area contributed by atoms with Crippen LogP contribution < -0.4 is 20.4 Å². The number of nitrogens with one attached hydrogen (secondary N) is 2. The third kappa shape index (κ3) is 6.32. The third-order valence-corrected chi connectivity index (χ3v) is 8.07. The second kappa shape index (κ2) is 12.9. The van der Waals surface area contributed by atoms with E-state index in [1.54, 1.807) is 24.5 Å². The molecule has 7 rings (SSSR count). The van der Waals surface area contributed by atoms with Crippen LogP contribution in [0.2, 0.25) is 0 Å². The molecule has 44 heavy (non-hydrogen) atoms. The summed E-state index contributed by atoms with van der Waals surface area (Å²) in [6, 6.07) is 20.9. The number of benzene rings is 2. The second-order valence-corrected chi connectivity index (χ2v) is 11.0. The standard InChI is InChI=1S/C32H34N8O4/c41-32(35-25-10-12-33-13-11-25)34-24-8-6-23(7-9-24)29-36-30(39-14-16-42-17-15-39)38-31(37-29)40-26-18-28(27(40)21-43-20-26)44-19-22-4-2-1-3-5-22/h1-13,26-28H,14-21H2,(H2,33,34,35,41). The second-order valence-electron chi connectivity index (χ2n) is 11.0. The summed E-state index contributed by atoms with van der Waals surface area (Å²) in [6.07, 6.45) is 4.09. The zero-order chi connectivity index (χ0) is 29.7. The normalized spacial score (nSPS) is 21.2. The fourth-order valence-electron chi connectivity index (χ4n) is 5.85. The van der Waals surface area contributed by atoms with E-state index in [0.29, 0.717) is 75.2 Å². The summed E-state index contributed by atoms with van der Waals surface area (Å²) in [4.78, 5) is 35.7. The number of urea groups is 1. The zero-order valence-corrected chi connectivity index (χ0v) is 24.2. The number of carbonyl (C=O) groups excluding carboxylic acids is 1. The molecule has 4 aromatic rings. The number of rotatable bonds is 8. The molecule has 3 saturated heterocycles. The lowest BCUT2D eigenvalue weighted by molar-refractivity contribution is 0.0163. The lowest BCUT2D eigenvalue weighted by Gasteiger charge is -2.36. The van der Waals surface area contributed by atoms with Crippen LogP contribution in [0.1, 0.15) is 12.0 Å². The van der Waals surface area contributed by atoms with Gasteiger partial charge in [0.05, 0.1) is 51.2 Å². The molecule has 3 aliphatic heterocycles. The summed E-state index contributed by atoms with van der Waals surface area (Å²) < 4.78 is 18.0. The largest absolute Gasteiger partial charge is 0.378 e. The first kappa shape index (κ1) is 28.1. The molecule has 3 aliphatic rings. The van der Waals surface area contributed by atoms with E-state index >= 15 is 0 Å². The predicted octanol–water partition coefficient (Wildman–Crippen LogP) is 3.98. The first-order valence-electron chi connectivity index (χ1n) is 14.9. The van der Waals surface area contributed by atoms with Crippen molar-refractivity contribution < 1.29 is 19.0 Å². The van der Waals surface area contributed by atoms with Gasteiger partial charge in [0.15, 0.2) is 5.82 Å². The minimum absolute atomic E-state index is 0.00147. The molecule has 0 spiro atoms.